The van der Waals surface area contributed by atoms with E-state index in [2.05, 4.69) is 58.4 Å². The molecule has 1 atom stereocenters. The highest BCUT2D eigenvalue weighted by atomic mass is 35.5. The molecule has 5 rings (SSSR count). The van der Waals surface area contributed by atoms with Crippen LogP contribution in [0.1, 0.15) is 47.1 Å². The van der Waals surface area contributed by atoms with Gasteiger partial charge in [-0.3, -0.25) is 9.88 Å². The van der Waals surface area contributed by atoms with Crippen molar-refractivity contribution in [2.24, 2.45) is 5.73 Å². The number of halogens is 1. The third kappa shape index (κ3) is 4.49. The van der Waals surface area contributed by atoms with Gasteiger partial charge in [-0.25, -0.2) is 4.98 Å². The molecule has 0 aliphatic heterocycles. The SMILES string of the molecule is Cl.NCc1ccccc1CN(Cc1nc2ccccc2[nH]1)[C@H]1CCCc2cccnc21. The molecule has 31 heavy (non-hydrogen) atoms. The molecule has 1 aliphatic rings. The molecule has 4 aromatic rings. The number of aromatic amines is 1. The van der Waals surface area contributed by atoms with Crippen molar-refractivity contribution < 1.29 is 0 Å². The first kappa shape index (κ1) is 21.5. The van der Waals surface area contributed by atoms with Gasteiger partial charge >= 0.3 is 0 Å². The van der Waals surface area contributed by atoms with Crippen LogP contribution in [0, 0.1) is 0 Å². The zero-order valence-corrected chi connectivity index (χ0v) is 18.3. The molecule has 0 bridgehead atoms. The number of hydrogen-bond acceptors (Lipinski definition) is 4. The second-order valence-corrected chi connectivity index (χ2v) is 8.03. The summed E-state index contributed by atoms with van der Waals surface area (Å²) in [5.74, 6) is 0.990. The van der Waals surface area contributed by atoms with E-state index in [-0.39, 0.29) is 18.4 Å². The topological polar surface area (TPSA) is 70.8 Å². The van der Waals surface area contributed by atoms with Crippen molar-refractivity contribution in [3.8, 4) is 0 Å². The van der Waals surface area contributed by atoms with Crippen molar-refractivity contribution >= 4 is 23.4 Å². The van der Waals surface area contributed by atoms with Crippen molar-refractivity contribution in [1.29, 1.82) is 0 Å². The molecule has 1 aliphatic carbocycles. The van der Waals surface area contributed by atoms with Gasteiger partial charge in [-0.2, -0.15) is 0 Å². The summed E-state index contributed by atoms with van der Waals surface area (Å²) in [5, 5.41) is 0. The molecule has 2 aromatic heterocycles. The van der Waals surface area contributed by atoms with Gasteiger partial charge in [-0.15, -0.1) is 12.4 Å². The lowest BCUT2D eigenvalue weighted by Crippen LogP contribution is -2.32. The van der Waals surface area contributed by atoms with Crippen LogP contribution in [-0.2, 0) is 26.1 Å². The van der Waals surface area contributed by atoms with E-state index in [1.54, 1.807) is 0 Å². The first-order chi connectivity index (χ1) is 14.8. The number of fused-ring (bicyclic) bond motifs is 2. The highest BCUT2D eigenvalue weighted by molar-refractivity contribution is 5.85. The molecule has 5 nitrogen and oxygen atoms in total. The number of imidazole rings is 1. The van der Waals surface area contributed by atoms with Crippen LogP contribution in [0.5, 0.6) is 0 Å². The molecule has 0 unspecified atom stereocenters. The monoisotopic (exact) mass is 433 g/mol. The molecule has 0 radical (unpaired) electrons. The van der Waals surface area contributed by atoms with Gasteiger partial charge in [0.25, 0.3) is 0 Å². The number of pyridine rings is 1. The Morgan fingerprint density at radius 3 is 2.61 bits per heavy atom. The third-order valence-electron chi connectivity index (χ3n) is 6.11. The summed E-state index contributed by atoms with van der Waals surface area (Å²) in [5.41, 5.74) is 13.2. The Kier molecular flexibility index (Phi) is 6.66. The Bertz CT molecular complexity index is 1120. The molecule has 0 amide bonds. The molecular formula is C25H28ClN5. The molecule has 0 spiro atoms. The van der Waals surface area contributed by atoms with Crippen molar-refractivity contribution in [3.63, 3.8) is 0 Å². The summed E-state index contributed by atoms with van der Waals surface area (Å²) in [4.78, 5) is 15.7. The van der Waals surface area contributed by atoms with Crippen molar-refractivity contribution in [2.45, 2.75) is 44.9 Å². The zero-order valence-electron chi connectivity index (χ0n) is 17.5. The average molecular weight is 434 g/mol. The number of benzene rings is 2. The van der Waals surface area contributed by atoms with Crippen molar-refractivity contribution in [1.82, 2.24) is 19.9 Å². The normalized spacial score (nSPS) is 15.6. The number of aryl methyl sites for hydroxylation is 1. The molecule has 0 saturated heterocycles. The van der Waals surface area contributed by atoms with Gasteiger partial charge in [-0.1, -0.05) is 42.5 Å². The van der Waals surface area contributed by atoms with Crippen LogP contribution in [0.3, 0.4) is 0 Å². The fraction of sp³-hybridized carbons (Fsp3) is 0.280. The summed E-state index contributed by atoms with van der Waals surface area (Å²) in [7, 11) is 0. The number of nitrogens with two attached hydrogens (primary N) is 1. The fourth-order valence-electron chi connectivity index (χ4n) is 4.62. The molecule has 2 aromatic carbocycles. The number of nitrogens with zero attached hydrogens (tertiary/aromatic N) is 3. The fourth-order valence-corrected chi connectivity index (χ4v) is 4.62. The molecule has 3 N–H and O–H groups in total. The Labute approximate surface area is 189 Å². The maximum Gasteiger partial charge on any atom is 0.121 e. The lowest BCUT2D eigenvalue weighted by molar-refractivity contribution is 0.153. The summed E-state index contributed by atoms with van der Waals surface area (Å²) in [6, 6.07) is 21.2. The molecular weight excluding hydrogens is 406 g/mol. The summed E-state index contributed by atoms with van der Waals surface area (Å²) in [6.07, 6.45) is 5.31. The quantitative estimate of drug-likeness (QED) is 0.452. The van der Waals surface area contributed by atoms with E-state index in [4.69, 9.17) is 15.7 Å². The van der Waals surface area contributed by atoms with Crippen molar-refractivity contribution in [3.05, 3.63) is 95.1 Å². The average Bonchev–Trinajstić information content (AvgIpc) is 3.21. The first-order valence-electron chi connectivity index (χ1n) is 10.7. The van der Waals surface area contributed by atoms with Gasteiger partial charge in [0, 0.05) is 19.3 Å². The van der Waals surface area contributed by atoms with E-state index in [1.165, 1.54) is 28.8 Å². The van der Waals surface area contributed by atoms with Crippen LogP contribution >= 0.6 is 12.4 Å². The Morgan fingerprint density at radius 1 is 0.968 bits per heavy atom. The van der Waals surface area contributed by atoms with Crippen LogP contribution in [0.4, 0.5) is 0 Å². The minimum Gasteiger partial charge on any atom is -0.341 e. The van der Waals surface area contributed by atoms with E-state index in [0.717, 1.165) is 42.8 Å². The number of rotatable bonds is 6. The Balaban J connectivity index is 0.00000231. The second-order valence-electron chi connectivity index (χ2n) is 8.03. The van der Waals surface area contributed by atoms with Crippen LogP contribution in [0.2, 0.25) is 0 Å². The van der Waals surface area contributed by atoms with E-state index < -0.39 is 0 Å². The summed E-state index contributed by atoms with van der Waals surface area (Å²) < 4.78 is 0. The van der Waals surface area contributed by atoms with Gasteiger partial charge in [0.2, 0.25) is 0 Å². The van der Waals surface area contributed by atoms with Crippen LogP contribution in [-0.4, -0.2) is 19.9 Å². The predicted molar refractivity (Wildman–Crippen MR) is 127 cm³/mol. The number of aromatic nitrogens is 3. The maximum atomic E-state index is 6.04. The zero-order chi connectivity index (χ0) is 20.3. The van der Waals surface area contributed by atoms with Crippen molar-refractivity contribution in [2.75, 3.05) is 0 Å². The number of nitrogens with one attached hydrogen (secondary N) is 1. The van der Waals surface area contributed by atoms with Gasteiger partial charge in [0.05, 0.1) is 29.3 Å². The molecule has 160 valence electrons. The van der Waals surface area contributed by atoms with E-state index in [9.17, 15) is 0 Å². The van der Waals surface area contributed by atoms with Gasteiger partial charge in [0.15, 0.2) is 0 Å². The van der Waals surface area contributed by atoms with Crippen LogP contribution in [0.25, 0.3) is 11.0 Å². The van der Waals surface area contributed by atoms with Gasteiger partial charge in [-0.05, 0) is 54.2 Å². The van der Waals surface area contributed by atoms with E-state index in [0.29, 0.717) is 6.54 Å². The van der Waals surface area contributed by atoms with Crippen LogP contribution < -0.4 is 5.73 Å². The summed E-state index contributed by atoms with van der Waals surface area (Å²) >= 11 is 0. The molecule has 2 heterocycles. The Morgan fingerprint density at radius 2 is 1.77 bits per heavy atom. The van der Waals surface area contributed by atoms with E-state index >= 15 is 0 Å². The Hall–Kier alpha value is -2.73. The number of hydrogen-bond donors (Lipinski definition) is 2. The second kappa shape index (κ2) is 9.60. The van der Waals surface area contributed by atoms with Gasteiger partial charge < -0.3 is 10.7 Å². The highest BCUT2D eigenvalue weighted by Gasteiger charge is 2.28. The molecule has 0 saturated carbocycles. The molecule has 0 fully saturated rings. The smallest absolute Gasteiger partial charge is 0.121 e. The largest absolute Gasteiger partial charge is 0.341 e. The lowest BCUT2D eigenvalue weighted by atomic mass is 9.90. The number of H-pyrrole nitrogens is 1. The first-order valence-corrected chi connectivity index (χ1v) is 10.7. The number of para-hydroxylation sites is 2. The summed E-state index contributed by atoms with van der Waals surface area (Å²) in [6.45, 7) is 2.12. The highest BCUT2D eigenvalue weighted by Crippen LogP contribution is 2.35. The molecule has 6 heteroatoms. The standard InChI is InChI=1S/C25H27N5.ClH/c26-15-19-7-1-2-8-20(19)16-30(17-24-28-21-11-3-4-12-22(21)29-24)23-13-5-9-18-10-6-14-27-25(18)23;/h1-4,6-8,10-12,14,23H,5,9,13,15-17,26H2,(H,28,29);1H/t23-;/m0./s1. The van der Waals surface area contributed by atoms with Gasteiger partial charge in [0.1, 0.15) is 5.82 Å². The van der Waals surface area contributed by atoms with Crippen LogP contribution in [0.15, 0.2) is 66.9 Å². The third-order valence-corrected chi connectivity index (χ3v) is 6.11. The van der Waals surface area contributed by atoms with E-state index in [1.807, 2.05) is 18.3 Å². The minimum atomic E-state index is 0. The maximum absolute atomic E-state index is 6.04. The minimum absolute atomic E-state index is 0. The lowest BCUT2D eigenvalue weighted by Gasteiger charge is -2.35. The predicted octanol–water partition coefficient (Wildman–Crippen LogP) is 4.92.